The summed E-state index contributed by atoms with van der Waals surface area (Å²) >= 11 is 0. The molecule has 7 heteroatoms. The highest BCUT2D eigenvalue weighted by Crippen LogP contribution is 2.35. The van der Waals surface area contributed by atoms with Crippen molar-refractivity contribution in [2.45, 2.75) is 45.2 Å². The molecular formula is C27H31FN4O2. The number of para-hydroxylation sites is 1. The average Bonchev–Trinajstić information content (AvgIpc) is 3.23. The third-order valence-corrected chi connectivity index (χ3v) is 7.51. The van der Waals surface area contributed by atoms with Crippen LogP contribution >= 0.6 is 0 Å². The van der Waals surface area contributed by atoms with Gasteiger partial charge in [-0.3, -0.25) is 19.5 Å². The largest absolute Gasteiger partial charge is 0.341 e. The van der Waals surface area contributed by atoms with Gasteiger partial charge in [0.05, 0.1) is 11.4 Å². The van der Waals surface area contributed by atoms with Gasteiger partial charge < -0.3 is 10.6 Å². The van der Waals surface area contributed by atoms with Crippen LogP contribution in [0.1, 0.15) is 49.3 Å². The molecule has 2 saturated heterocycles. The number of anilines is 1. The SMILES string of the molecule is CCc1cccc2c1N(CC(=O)N1CC3CCC(CC3)C1)C(=O)[C@@H](N)N=C2c1ccccc1F. The lowest BCUT2D eigenvalue weighted by Crippen LogP contribution is -2.49. The fraction of sp³-hybridized carbons (Fsp3) is 0.444. The molecule has 6 nitrogen and oxygen atoms in total. The molecule has 6 rings (SSSR count). The maximum Gasteiger partial charge on any atom is 0.266 e. The molecule has 2 amide bonds. The van der Waals surface area contributed by atoms with Gasteiger partial charge in [0.15, 0.2) is 6.17 Å². The van der Waals surface area contributed by atoms with E-state index in [2.05, 4.69) is 4.99 Å². The van der Waals surface area contributed by atoms with Crippen molar-refractivity contribution in [3.63, 3.8) is 0 Å². The van der Waals surface area contributed by atoms with Crippen LogP contribution in [0.2, 0.25) is 0 Å². The lowest BCUT2D eigenvalue weighted by molar-refractivity contribution is -0.132. The Labute approximate surface area is 199 Å². The van der Waals surface area contributed by atoms with Gasteiger partial charge >= 0.3 is 0 Å². The Kier molecular flexibility index (Phi) is 6.21. The van der Waals surface area contributed by atoms with Crippen molar-refractivity contribution in [1.82, 2.24) is 4.90 Å². The molecule has 1 saturated carbocycles. The number of rotatable bonds is 4. The molecular weight excluding hydrogens is 431 g/mol. The molecule has 4 aliphatic rings. The number of halogens is 1. The van der Waals surface area contributed by atoms with E-state index in [0.717, 1.165) is 18.7 Å². The van der Waals surface area contributed by atoms with Crippen LogP contribution in [0.4, 0.5) is 10.1 Å². The van der Waals surface area contributed by atoms with E-state index in [1.54, 1.807) is 18.2 Å². The van der Waals surface area contributed by atoms with Crippen LogP contribution in [0.3, 0.4) is 0 Å². The summed E-state index contributed by atoms with van der Waals surface area (Å²) in [6.07, 6.45) is 4.11. The van der Waals surface area contributed by atoms with Crippen LogP contribution in [0.25, 0.3) is 0 Å². The Hall–Kier alpha value is -3.06. The van der Waals surface area contributed by atoms with E-state index in [0.29, 0.717) is 35.2 Å². The van der Waals surface area contributed by atoms with Gasteiger partial charge in [0.2, 0.25) is 5.91 Å². The number of fused-ring (bicyclic) bond motifs is 5. The van der Waals surface area contributed by atoms with E-state index in [9.17, 15) is 14.0 Å². The van der Waals surface area contributed by atoms with Gasteiger partial charge in [-0.25, -0.2) is 4.39 Å². The lowest BCUT2D eigenvalue weighted by atomic mass is 9.84. The van der Waals surface area contributed by atoms with E-state index < -0.39 is 17.9 Å². The molecule has 178 valence electrons. The van der Waals surface area contributed by atoms with E-state index in [4.69, 9.17) is 5.73 Å². The molecule has 0 radical (unpaired) electrons. The summed E-state index contributed by atoms with van der Waals surface area (Å²) in [6, 6.07) is 12.0. The molecule has 2 N–H and O–H groups in total. The second kappa shape index (κ2) is 9.29. The zero-order valence-electron chi connectivity index (χ0n) is 19.5. The summed E-state index contributed by atoms with van der Waals surface area (Å²) in [5, 5.41) is 0. The number of hydrogen-bond acceptors (Lipinski definition) is 4. The summed E-state index contributed by atoms with van der Waals surface area (Å²) in [6.45, 7) is 3.42. The summed E-state index contributed by atoms with van der Waals surface area (Å²) in [7, 11) is 0. The minimum atomic E-state index is -1.22. The molecule has 2 aromatic carbocycles. The van der Waals surface area contributed by atoms with E-state index in [1.165, 1.54) is 36.6 Å². The van der Waals surface area contributed by atoms with Gasteiger partial charge in [0.25, 0.3) is 5.91 Å². The number of benzodiazepines with no additional fused rings is 1. The van der Waals surface area contributed by atoms with Crippen molar-refractivity contribution in [2.75, 3.05) is 24.5 Å². The molecule has 2 aromatic rings. The summed E-state index contributed by atoms with van der Waals surface area (Å²) < 4.78 is 14.8. The number of amides is 2. The molecule has 0 aromatic heterocycles. The lowest BCUT2D eigenvalue weighted by Gasteiger charge is -2.30. The van der Waals surface area contributed by atoms with Crippen molar-refractivity contribution >= 4 is 23.2 Å². The van der Waals surface area contributed by atoms with Crippen molar-refractivity contribution in [3.8, 4) is 0 Å². The van der Waals surface area contributed by atoms with Gasteiger partial charge in [-0.2, -0.15) is 0 Å². The van der Waals surface area contributed by atoms with Crippen molar-refractivity contribution in [1.29, 1.82) is 0 Å². The van der Waals surface area contributed by atoms with Crippen molar-refractivity contribution < 1.29 is 14.0 Å². The molecule has 0 spiro atoms. The Morgan fingerprint density at radius 3 is 2.32 bits per heavy atom. The molecule has 1 atom stereocenters. The maximum absolute atomic E-state index is 14.8. The first-order valence-electron chi connectivity index (χ1n) is 12.3. The molecule has 1 aliphatic carbocycles. The fourth-order valence-electron chi connectivity index (χ4n) is 5.68. The highest BCUT2D eigenvalue weighted by molar-refractivity contribution is 6.21. The zero-order chi connectivity index (χ0) is 23.8. The van der Waals surface area contributed by atoms with Crippen molar-refractivity contribution in [3.05, 3.63) is 65.0 Å². The molecule has 3 aliphatic heterocycles. The topological polar surface area (TPSA) is 79.0 Å². The van der Waals surface area contributed by atoms with Gasteiger partial charge in [-0.15, -0.1) is 0 Å². The number of aryl methyl sites for hydroxylation is 1. The number of benzene rings is 2. The Morgan fingerprint density at radius 2 is 1.68 bits per heavy atom. The number of hydrogen-bond donors (Lipinski definition) is 1. The van der Waals surface area contributed by atoms with Crippen molar-refractivity contribution in [2.24, 2.45) is 22.6 Å². The van der Waals surface area contributed by atoms with E-state index >= 15 is 0 Å². The first-order chi connectivity index (χ1) is 16.5. The minimum Gasteiger partial charge on any atom is -0.341 e. The highest BCUT2D eigenvalue weighted by Gasteiger charge is 2.36. The quantitative estimate of drug-likeness (QED) is 0.755. The number of carbonyl (C=O) groups excluding carboxylic acids is 2. The Bertz CT molecular complexity index is 1130. The van der Waals surface area contributed by atoms with Gasteiger partial charge in [0, 0.05) is 24.2 Å². The highest BCUT2D eigenvalue weighted by atomic mass is 19.1. The van der Waals surface area contributed by atoms with Crippen LogP contribution in [-0.2, 0) is 16.0 Å². The van der Waals surface area contributed by atoms with Gasteiger partial charge in [-0.05, 0) is 61.6 Å². The second-order valence-corrected chi connectivity index (χ2v) is 9.68. The number of aliphatic imine (C=N–C) groups is 1. The number of nitrogens with two attached hydrogens (primary N) is 1. The monoisotopic (exact) mass is 462 g/mol. The van der Waals surface area contributed by atoms with Gasteiger partial charge in [-0.1, -0.05) is 37.3 Å². The Morgan fingerprint density at radius 1 is 1.03 bits per heavy atom. The molecule has 0 unspecified atom stereocenters. The van der Waals surface area contributed by atoms with Crippen LogP contribution < -0.4 is 10.6 Å². The van der Waals surface area contributed by atoms with E-state index in [1.807, 2.05) is 30.0 Å². The van der Waals surface area contributed by atoms with Crippen LogP contribution in [0.15, 0.2) is 47.5 Å². The van der Waals surface area contributed by atoms with Gasteiger partial charge in [0.1, 0.15) is 12.4 Å². The normalized spacial score (nSPS) is 24.4. The predicted octanol–water partition coefficient (Wildman–Crippen LogP) is 3.51. The third kappa shape index (κ3) is 4.13. The predicted molar refractivity (Wildman–Crippen MR) is 130 cm³/mol. The smallest absolute Gasteiger partial charge is 0.266 e. The van der Waals surface area contributed by atoms with Crippen LogP contribution in [0.5, 0.6) is 0 Å². The zero-order valence-corrected chi connectivity index (χ0v) is 19.5. The number of nitrogens with zero attached hydrogens (tertiary/aromatic N) is 3. The van der Waals surface area contributed by atoms with Crippen LogP contribution in [0, 0.1) is 17.7 Å². The molecule has 2 bridgehead atoms. The Balaban J connectivity index is 1.55. The van der Waals surface area contributed by atoms with E-state index in [-0.39, 0.29) is 18.0 Å². The fourth-order valence-corrected chi connectivity index (χ4v) is 5.68. The molecule has 3 heterocycles. The molecule has 3 fully saturated rings. The maximum atomic E-state index is 14.8. The summed E-state index contributed by atoms with van der Waals surface area (Å²) in [5.74, 6) is 0.141. The minimum absolute atomic E-state index is 0.0643. The number of carbonyl (C=O) groups is 2. The summed E-state index contributed by atoms with van der Waals surface area (Å²) in [4.78, 5) is 34.9. The first kappa shape index (κ1) is 22.7. The first-order valence-corrected chi connectivity index (χ1v) is 12.3. The molecule has 34 heavy (non-hydrogen) atoms. The second-order valence-electron chi connectivity index (χ2n) is 9.68. The third-order valence-electron chi connectivity index (χ3n) is 7.51. The summed E-state index contributed by atoms with van der Waals surface area (Å²) in [5.41, 5.74) is 8.98. The van der Waals surface area contributed by atoms with Crippen LogP contribution in [-0.4, -0.2) is 48.2 Å². The standard InChI is InChI=1S/C27H31FN4O2/c1-2-19-6-5-8-21-24(20-7-3-4-9-22(20)28)30-26(29)27(34)32(25(19)21)16-23(33)31-14-17-10-11-18(15-31)13-12-17/h3-9,17-18,26H,2,10-16,29H2,1H3/t17?,18?,26-/m0/s1. The average molecular weight is 463 g/mol.